The highest BCUT2D eigenvalue weighted by Gasteiger charge is 2.00. The van der Waals surface area contributed by atoms with Gasteiger partial charge < -0.3 is 4.74 Å². The summed E-state index contributed by atoms with van der Waals surface area (Å²) >= 11 is 1.59. The zero-order chi connectivity index (χ0) is 15.2. The average molecular weight is 311 g/mol. The van der Waals surface area contributed by atoms with E-state index in [9.17, 15) is 0 Å². The Morgan fingerprint density at radius 1 is 1.23 bits per heavy atom. The molecular weight excluding hydrogens is 294 g/mol. The quantitative estimate of drug-likeness (QED) is 0.537. The highest BCUT2D eigenvalue weighted by Crippen LogP contribution is 2.25. The molecule has 0 amide bonds. The number of para-hydroxylation sites is 1. The van der Waals surface area contributed by atoms with Crippen LogP contribution < -0.4 is 10.2 Å². The first-order valence-corrected chi connectivity index (χ1v) is 8.04. The first-order valence-electron chi connectivity index (χ1n) is 7.22. The van der Waals surface area contributed by atoms with E-state index in [1.807, 2.05) is 42.5 Å². The third-order valence-electron chi connectivity index (χ3n) is 3.00. The maximum Gasteiger partial charge on any atom is 0.204 e. The minimum Gasteiger partial charge on any atom is -0.494 e. The lowest BCUT2D eigenvalue weighted by Crippen LogP contribution is -1.96. The molecule has 4 nitrogen and oxygen atoms in total. The molecule has 3 rings (SSSR count). The first kappa shape index (κ1) is 14.5. The topological polar surface area (TPSA) is 46.5 Å². The van der Waals surface area contributed by atoms with Crippen LogP contribution in [0.25, 0.3) is 10.2 Å². The van der Waals surface area contributed by atoms with Crippen LogP contribution in [0.5, 0.6) is 5.75 Å². The van der Waals surface area contributed by atoms with Gasteiger partial charge in [-0.3, -0.25) is 5.43 Å². The number of nitrogens with one attached hydrogen (secondary N) is 1. The number of anilines is 1. The van der Waals surface area contributed by atoms with Crippen molar-refractivity contribution in [3.05, 3.63) is 54.1 Å². The Labute approximate surface area is 133 Å². The number of nitrogens with zero attached hydrogens (tertiary/aromatic N) is 2. The Morgan fingerprint density at radius 3 is 3.00 bits per heavy atom. The van der Waals surface area contributed by atoms with Crippen molar-refractivity contribution in [1.29, 1.82) is 0 Å². The van der Waals surface area contributed by atoms with Gasteiger partial charge in [0, 0.05) is 0 Å². The van der Waals surface area contributed by atoms with E-state index < -0.39 is 0 Å². The molecule has 0 unspecified atom stereocenters. The second-order valence-corrected chi connectivity index (χ2v) is 5.81. The van der Waals surface area contributed by atoms with Gasteiger partial charge in [-0.05, 0) is 36.2 Å². The molecule has 1 N–H and O–H groups in total. The number of rotatable bonds is 6. The molecule has 0 aliphatic carbocycles. The van der Waals surface area contributed by atoms with Gasteiger partial charge in [-0.2, -0.15) is 5.10 Å². The Balaban J connectivity index is 1.66. The molecule has 0 saturated carbocycles. The molecule has 2 aromatic carbocycles. The molecule has 0 fully saturated rings. The van der Waals surface area contributed by atoms with Gasteiger partial charge in [0.1, 0.15) is 5.75 Å². The van der Waals surface area contributed by atoms with Crippen LogP contribution in [0.4, 0.5) is 5.13 Å². The van der Waals surface area contributed by atoms with Gasteiger partial charge in [0.05, 0.1) is 23.0 Å². The molecule has 0 aliphatic rings. The number of aromatic nitrogens is 1. The Hall–Kier alpha value is -2.40. The van der Waals surface area contributed by atoms with Gasteiger partial charge in [0.2, 0.25) is 5.13 Å². The average Bonchev–Trinajstić information content (AvgIpc) is 2.96. The lowest BCUT2D eigenvalue weighted by Gasteiger charge is -2.04. The third-order valence-corrected chi connectivity index (χ3v) is 3.94. The molecule has 0 aliphatic heterocycles. The fourth-order valence-electron chi connectivity index (χ4n) is 1.99. The van der Waals surface area contributed by atoms with Crippen LogP contribution in [0, 0.1) is 0 Å². The lowest BCUT2D eigenvalue weighted by molar-refractivity contribution is 0.317. The van der Waals surface area contributed by atoms with E-state index in [4.69, 9.17) is 4.74 Å². The van der Waals surface area contributed by atoms with Crippen LogP contribution >= 0.6 is 11.3 Å². The van der Waals surface area contributed by atoms with Crippen LogP contribution in [-0.4, -0.2) is 17.8 Å². The number of thiazole rings is 1. The molecule has 1 heterocycles. The predicted molar refractivity (Wildman–Crippen MR) is 93.1 cm³/mol. The molecular formula is C17H17N3OS. The second kappa shape index (κ2) is 7.04. The summed E-state index contributed by atoms with van der Waals surface area (Å²) in [5.41, 5.74) is 4.96. The fourth-order valence-corrected chi connectivity index (χ4v) is 2.80. The largest absolute Gasteiger partial charge is 0.494 e. The summed E-state index contributed by atoms with van der Waals surface area (Å²) in [5, 5.41) is 5.03. The first-order chi connectivity index (χ1) is 10.8. The summed E-state index contributed by atoms with van der Waals surface area (Å²) in [4.78, 5) is 4.47. The summed E-state index contributed by atoms with van der Waals surface area (Å²) in [6.07, 6.45) is 2.77. The van der Waals surface area contributed by atoms with E-state index in [2.05, 4.69) is 28.5 Å². The van der Waals surface area contributed by atoms with Crippen LogP contribution in [-0.2, 0) is 0 Å². The van der Waals surface area contributed by atoms with E-state index in [0.717, 1.165) is 39.7 Å². The summed E-state index contributed by atoms with van der Waals surface area (Å²) in [5.74, 6) is 0.866. The number of ether oxygens (including phenoxy) is 1. The number of hydrogen-bond acceptors (Lipinski definition) is 5. The highest BCUT2D eigenvalue weighted by molar-refractivity contribution is 7.22. The Morgan fingerprint density at radius 2 is 2.14 bits per heavy atom. The molecule has 22 heavy (non-hydrogen) atoms. The van der Waals surface area contributed by atoms with Crippen molar-refractivity contribution in [1.82, 2.24) is 4.98 Å². The van der Waals surface area contributed by atoms with Crippen LogP contribution in [0.1, 0.15) is 18.9 Å². The molecule has 5 heteroatoms. The van der Waals surface area contributed by atoms with Gasteiger partial charge in [-0.25, -0.2) is 4.98 Å². The van der Waals surface area contributed by atoms with Gasteiger partial charge in [-0.1, -0.05) is 42.5 Å². The monoisotopic (exact) mass is 311 g/mol. The van der Waals surface area contributed by atoms with Crippen molar-refractivity contribution in [2.45, 2.75) is 13.3 Å². The van der Waals surface area contributed by atoms with Crippen LogP contribution in [0.3, 0.4) is 0 Å². The zero-order valence-corrected chi connectivity index (χ0v) is 13.1. The standard InChI is InChI=1S/C17H17N3OS/c1-2-10-21-14-7-5-6-13(11-14)12-18-20-17-19-15-8-3-4-9-16(15)22-17/h3-9,11-12H,2,10H2,1H3,(H,19,20)/b18-12-. The Bertz CT molecular complexity index is 749. The van der Waals surface area contributed by atoms with E-state index in [-0.39, 0.29) is 0 Å². The molecule has 0 bridgehead atoms. The van der Waals surface area contributed by atoms with Crippen molar-refractivity contribution in [3.63, 3.8) is 0 Å². The number of benzene rings is 2. The molecule has 1 aromatic heterocycles. The predicted octanol–water partition coefficient (Wildman–Crippen LogP) is 4.53. The van der Waals surface area contributed by atoms with Crippen LogP contribution in [0.15, 0.2) is 53.6 Å². The fraction of sp³-hybridized carbons (Fsp3) is 0.176. The summed E-state index contributed by atoms with van der Waals surface area (Å²) in [7, 11) is 0. The van der Waals surface area contributed by atoms with Gasteiger partial charge in [-0.15, -0.1) is 0 Å². The molecule has 0 radical (unpaired) electrons. The van der Waals surface area contributed by atoms with E-state index in [0.29, 0.717) is 0 Å². The second-order valence-electron chi connectivity index (χ2n) is 4.78. The SMILES string of the molecule is CCCOc1cccc(/C=N\Nc2nc3ccccc3s2)c1. The van der Waals surface area contributed by atoms with Crippen molar-refractivity contribution >= 4 is 32.9 Å². The van der Waals surface area contributed by atoms with Gasteiger partial charge in [0.25, 0.3) is 0 Å². The van der Waals surface area contributed by atoms with Crippen molar-refractivity contribution in [2.24, 2.45) is 5.10 Å². The summed E-state index contributed by atoms with van der Waals surface area (Å²) < 4.78 is 6.76. The highest BCUT2D eigenvalue weighted by atomic mass is 32.1. The molecule has 112 valence electrons. The number of fused-ring (bicyclic) bond motifs is 1. The molecule has 0 atom stereocenters. The van der Waals surface area contributed by atoms with Crippen molar-refractivity contribution in [2.75, 3.05) is 12.0 Å². The van der Waals surface area contributed by atoms with Crippen molar-refractivity contribution < 1.29 is 4.74 Å². The van der Waals surface area contributed by atoms with E-state index in [1.165, 1.54) is 0 Å². The normalized spacial score (nSPS) is 11.1. The zero-order valence-electron chi connectivity index (χ0n) is 12.3. The summed E-state index contributed by atoms with van der Waals surface area (Å²) in [6, 6.07) is 15.9. The van der Waals surface area contributed by atoms with E-state index >= 15 is 0 Å². The van der Waals surface area contributed by atoms with Crippen molar-refractivity contribution in [3.8, 4) is 5.75 Å². The minimum absolute atomic E-state index is 0.727. The smallest absolute Gasteiger partial charge is 0.204 e. The van der Waals surface area contributed by atoms with E-state index in [1.54, 1.807) is 17.6 Å². The number of hydrazone groups is 1. The lowest BCUT2D eigenvalue weighted by atomic mass is 10.2. The van der Waals surface area contributed by atoms with Crippen LogP contribution in [0.2, 0.25) is 0 Å². The molecule has 0 saturated heterocycles. The number of hydrogen-bond donors (Lipinski definition) is 1. The maximum atomic E-state index is 5.61. The summed E-state index contributed by atoms with van der Waals surface area (Å²) in [6.45, 7) is 2.82. The molecule has 3 aromatic rings. The minimum atomic E-state index is 0.727. The molecule has 0 spiro atoms. The Kier molecular flexibility index (Phi) is 4.65. The third kappa shape index (κ3) is 3.62. The van der Waals surface area contributed by atoms with Gasteiger partial charge >= 0.3 is 0 Å². The maximum absolute atomic E-state index is 5.61. The van der Waals surface area contributed by atoms with Gasteiger partial charge in [0.15, 0.2) is 0 Å².